The summed E-state index contributed by atoms with van der Waals surface area (Å²) in [6, 6.07) is 3.98. The van der Waals surface area contributed by atoms with Gasteiger partial charge in [-0.3, -0.25) is 4.79 Å². The summed E-state index contributed by atoms with van der Waals surface area (Å²) in [5.74, 6) is 1.61. The molecular formula is C11H17NO2S2. The fraction of sp³-hybridized carbons (Fsp3) is 0.545. The molecule has 2 N–H and O–H groups in total. The minimum absolute atomic E-state index is 0.0588. The van der Waals surface area contributed by atoms with E-state index < -0.39 is 0 Å². The summed E-state index contributed by atoms with van der Waals surface area (Å²) in [5.41, 5.74) is 0. The van der Waals surface area contributed by atoms with Crippen molar-refractivity contribution in [3.05, 3.63) is 22.4 Å². The predicted molar refractivity (Wildman–Crippen MR) is 69.7 cm³/mol. The van der Waals surface area contributed by atoms with Crippen molar-refractivity contribution >= 4 is 29.0 Å². The Morgan fingerprint density at radius 1 is 1.69 bits per heavy atom. The van der Waals surface area contributed by atoms with E-state index in [0.717, 1.165) is 5.75 Å². The maximum atomic E-state index is 11.4. The number of aliphatic hydroxyl groups excluding tert-OH is 1. The highest BCUT2D eigenvalue weighted by molar-refractivity contribution is 7.99. The molecular weight excluding hydrogens is 242 g/mol. The lowest BCUT2D eigenvalue weighted by atomic mass is 10.2. The lowest BCUT2D eigenvalue weighted by Gasteiger charge is -2.07. The minimum atomic E-state index is 0.0588. The van der Waals surface area contributed by atoms with E-state index in [1.54, 1.807) is 23.1 Å². The van der Waals surface area contributed by atoms with Gasteiger partial charge in [0.2, 0.25) is 5.91 Å². The number of thioether (sulfide) groups is 1. The van der Waals surface area contributed by atoms with Gasteiger partial charge in [-0.15, -0.1) is 11.3 Å². The van der Waals surface area contributed by atoms with Crippen LogP contribution in [0.25, 0.3) is 0 Å². The van der Waals surface area contributed by atoms with Crippen LogP contribution in [0.5, 0.6) is 0 Å². The molecule has 0 aliphatic rings. The number of aliphatic hydroxyl groups is 1. The molecule has 90 valence electrons. The maximum Gasteiger partial charge on any atom is 0.230 e. The topological polar surface area (TPSA) is 49.3 Å². The molecule has 3 nitrogen and oxygen atoms in total. The molecule has 0 radical (unpaired) electrons. The number of hydrogen-bond donors (Lipinski definition) is 2. The van der Waals surface area contributed by atoms with Gasteiger partial charge in [-0.25, -0.2) is 0 Å². The third kappa shape index (κ3) is 5.53. The van der Waals surface area contributed by atoms with Crippen LogP contribution in [0.2, 0.25) is 0 Å². The van der Waals surface area contributed by atoms with Gasteiger partial charge in [-0.05, 0) is 23.1 Å². The van der Waals surface area contributed by atoms with Gasteiger partial charge < -0.3 is 10.4 Å². The molecule has 1 atom stereocenters. The van der Waals surface area contributed by atoms with Crippen LogP contribution >= 0.6 is 23.1 Å². The molecule has 16 heavy (non-hydrogen) atoms. The number of rotatable bonds is 7. The van der Waals surface area contributed by atoms with E-state index >= 15 is 0 Å². The number of carbonyl (C=O) groups is 1. The second-order valence-corrected chi connectivity index (χ2v) is 5.72. The van der Waals surface area contributed by atoms with E-state index in [-0.39, 0.29) is 18.4 Å². The van der Waals surface area contributed by atoms with Gasteiger partial charge >= 0.3 is 0 Å². The Morgan fingerprint density at radius 3 is 3.12 bits per heavy atom. The molecule has 0 spiro atoms. The first-order chi connectivity index (χ1) is 7.72. The minimum Gasteiger partial charge on any atom is -0.396 e. The van der Waals surface area contributed by atoms with Gasteiger partial charge in [0.05, 0.1) is 12.3 Å². The van der Waals surface area contributed by atoms with E-state index in [1.165, 1.54) is 4.88 Å². The highest BCUT2D eigenvalue weighted by atomic mass is 32.2. The summed E-state index contributed by atoms with van der Waals surface area (Å²) in [5, 5.41) is 13.7. The average molecular weight is 259 g/mol. The van der Waals surface area contributed by atoms with E-state index in [9.17, 15) is 4.79 Å². The molecule has 1 aromatic rings. The van der Waals surface area contributed by atoms with E-state index in [4.69, 9.17) is 5.11 Å². The monoisotopic (exact) mass is 259 g/mol. The zero-order valence-corrected chi connectivity index (χ0v) is 10.9. The van der Waals surface area contributed by atoms with Crippen molar-refractivity contribution < 1.29 is 9.90 Å². The average Bonchev–Trinajstić information content (AvgIpc) is 2.79. The summed E-state index contributed by atoms with van der Waals surface area (Å²) in [6.07, 6.45) is 0. The number of amides is 1. The predicted octanol–water partition coefficient (Wildman–Crippen LogP) is 1.73. The summed E-state index contributed by atoms with van der Waals surface area (Å²) < 4.78 is 0. The van der Waals surface area contributed by atoms with Gasteiger partial charge in [0.1, 0.15) is 0 Å². The van der Waals surface area contributed by atoms with Gasteiger partial charge in [0, 0.05) is 11.5 Å². The molecule has 1 rings (SSSR count). The quantitative estimate of drug-likeness (QED) is 0.784. The Balaban J connectivity index is 2.07. The fourth-order valence-corrected chi connectivity index (χ4v) is 2.61. The molecule has 1 unspecified atom stereocenters. The molecule has 0 aromatic carbocycles. The van der Waals surface area contributed by atoms with Crippen LogP contribution in [0.1, 0.15) is 11.8 Å². The van der Waals surface area contributed by atoms with Crippen LogP contribution in [-0.2, 0) is 11.3 Å². The van der Waals surface area contributed by atoms with E-state index in [1.807, 2.05) is 24.4 Å². The van der Waals surface area contributed by atoms with Gasteiger partial charge in [-0.1, -0.05) is 13.0 Å². The molecule has 1 aromatic heterocycles. The Hall–Kier alpha value is -0.520. The zero-order chi connectivity index (χ0) is 11.8. The number of carbonyl (C=O) groups excluding carboxylic acids is 1. The van der Waals surface area contributed by atoms with Crippen molar-refractivity contribution in [2.24, 2.45) is 5.92 Å². The van der Waals surface area contributed by atoms with Gasteiger partial charge in [0.25, 0.3) is 0 Å². The molecule has 1 heterocycles. The van der Waals surface area contributed by atoms with Crippen LogP contribution in [0.4, 0.5) is 0 Å². The largest absolute Gasteiger partial charge is 0.396 e. The summed E-state index contributed by atoms with van der Waals surface area (Å²) >= 11 is 3.21. The van der Waals surface area contributed by atoms with Crippen molar-refractivity contribution in [3.8, 4) is 0 Å². The first-order valence-electron chi connectivity index (χ1n) is 5.20. The highest BCUT2D eigenvalue weighted by Gasteiger charge is 2.04. The molecule has 0 saturated heterocycles. The second-order valence-electron chi connectivity index (χ2n) is 3.66. The van der Waals surface area contributed by atoms with Crippen molar-refractivity contribution in [1.82, 2.24) is 5.32 Å². The number of nitrogens with one attached hydrogen (secondary N) is 1. The van der Waals surface area contributed by atoms with Crippen LogP contribution in [0.3, 0.4) is 0 Å². The van der Waals surface area contributed by atoms with Crippen LogP contribution in [0, 0.1) is 5.92 Å². The lowest BCUT2D eigenvalue weighted by molar-refractivity contribution is -0.118. The Bertz CT molecular complexity index is 301. The van der Waals surface area contributed by atoms with Gasteiger partial charge in [0.15, 0.2) is 0 Å². The number of hydrogen-bond acceptors (Lipinski definition) is 4. The first-order valence-corrected chi connectivity index (χ1v) is 7.23. The number of thiophene rings is 1. The summed E-state index contributed by atoms with van der Waals surface area (Å²) in [6.45, 7) is 2.77. The maximum absolute atomic E-state index is 11.4. The zero-order valence-electron chi connectivity index (χ0n) is 9.31. The summed E-state index contributed by atoms with van der Waals surface area (Å²) in [7, 11) is 0. The summed E-state index contributed by atoms with van der Waals surface area (Å²) in [4.78, 5) is 12.6. The molecule has 5 heteroatoms. The van der Waals surface area contributed by atoms with Crippen molar-refractivity contribution in [2.75, 3.05) is 18.1 Å². The molecule has 1 amide bonds. The van der Waals surface area contributed by atoms with Crippen molar-refractivity contribution in [1.29, 1.82) is 0 Å². The molecule has 0 fully saturated rings. The Morgan fingerprint density at radius 2 is 2.50 bits per heavy atom. The third-order valence-electron chi connectivity index (χ3n) is 1.99. The molecule has 0 aliphatic carbocycles. The fourth-order valence-electron chi connectivity index (χ4n) is 1.06. The van der Waals surface area contributed by atoms with E-state index in [2.05, 4.69) is 5.32 Å². The molecule has 0 bridgehead atoms. The lowest BCUT2D eigenvalue weighted by Crippen LogP contribution is -2.24. The second kappa shape index (κ2) is 7.70. The Kier molecular flexibility index (Phi) is 6.52. The van der Waals surface area contributed by atoms with E-state index in [0.29, 0.717) is 12.3 Å². The SMILES string of the molecule is CC(CO)CSCC(=O)NCc1cccs1. The van der Waals surface area contributed by atoms with Crippen LogP contribution in [-0.4, -0.2) is 29.1 Å². The van der Waals surface area contributed by atoms with Gasteiger partial charge in [-0.2, -0.15) is 11.8 Å². The normalized spacial score (nSPS) is 12.4. The molecule has 0 saturated carbocycles. The van der Waals surface area contributed by atoms with Crippen molar-refractivity contribution in [3.63, 3.8) is 0 Å². The van der Waals surface area contributed by atoms with Crippen LogP contribution < -0.4 is 5.32 Å². The molecule has 0 aliphatic heterocycles. The third-order valence-corrected chi connectivity index (χ3v) is 4.13. The Labute approximate surface area is 104 Å². The highest BCUT2D eigenvalue weighted by Crippen LogP contribution is 2.09. The van der Waals surface area contributed by atoms with Crippen molar-refractivity contribution in [2.45, 2.75) is 13.5 Å². The standard InChI is InChI=1S/C11H17NO2S2/c1-9(6-13)7-15-8-11(14)12-5-10-3-2-4-16-10/h2-4,9,13H,5-8H2,1H3,(H,12,14). The smallest absolute Gasteiger partial charge is 0.230 e. The first kappa shape index (κ1) is 13.5. The van der Waals surface area contributed by atoms with Crippen LogP contribution in [0.15, 0.2) is 17.5 Å².